The summed E-state index contributed by atoms with van der Waals surface area (Å²) in [7, 11) is -2.77. The summed E-state index contributed by atoms with van der Waals surface area (Å²) in [6.45, 7) is 8.77. The van der Waals surface area contributed by atoms with Gasteiger partial charge in [-0.3, -0.25) is 14.3 Å². The molecule has 4 atom stereocenters. The summed E-state index contributed by atoms with van der Waals surface area (Å²) < 4.78 is 14.3. The Labute approximate surface area is 200 Å². The highest BCUT2D eigenvalue weighted by molar-refractivity contribution is 6.99. The van der Waals surface area contributed by atoms with Crippen molar-refractivity contribution in [2.45, 2.75) is 51.2 Å². The maximum atomic E-state index is 12.3. The van der Waals surface area contributed by atoms with Gasteiger partial charge in [0, 0.05) is 18.2 Å². The quantitative estimate of drug-likeness (QED) is 0.527. The molecule has 0 bridgehead atoms. The molecule has 0 saturated carbocycles. The van der Waals surface area contributed by atoms with Gasteiger partial charge in [0.1, 0.15) is 6.10 Å². The van der Waals surface area contributed by atoms with Gasteiger partial charge >= 0.3 is 5.69 Å². The zero-order valence-corrected chi connectivity index (χ0v) is 21.0. The first kappa shape index (κ1) is 24.3. The predicted octanol–water partition coefficient (Wildman–Crippen LogP) is 2.01. The Morgan fingerprint density at radius 1 is 1.00 bits per heavy atom. The van der Waals surface area contributed by atoms with Gasteiger partial charge in [-0.25, -0.2) is 4.79 Å². The maximum absolute atomic E-state index is 12.3. The van der Waals surface area contributed by atoms with Gasteiger partial charge in [0.15, 0.2) is 6.23 Å². The number of aliphatic hydroxyl groups excluding tert-OH is 1. The number of hydrogen-bond donors (Lipinski definition) is 2. The molecule has 8 heteroatoms. The molecular weight excluding hydrogens is 448 g/mol. The molecule has 2 aromatic carbocycles. The molecule has 1 saturated heterocycles. The average Bonchev–Trinajstić information content (AvgIpc) is 3.08. The van der Waals surface area contributed by atoms with E-state index >= 15 is 0 Å². The number of nitrogens with zero attached hydrogens (tertiary/aromatic N) is 1. The number of ether oxygens (including phenoxy) is 1. The SMILES string of the molecule is C[C@@H]1C(CO[Si](c2ccccc2)(c2ccccc2)C(C)(C)C)O[C@@H](n2ccc(=O)[nH]c2=O)[C@H]1O. The largest absolute Gasteiger partial charge is 0.405 e. The van der Waals surface area contributed by atoms with Gasteiger partial charge < -0.3 is 14.3 Å². The zero-order valence-electron chi connectivity index (χ0n) is 20.0. The monoisotopic (exact) mass is 480 g/mol. The maximum Gasteiger partial charge on any atom is 0.330 e. The Hall–Kier alpha value is -2.78. The summed E-state index contributed by atoms with van der Waals surface area (Å²) in [5, 5.41) is 13.0. The zero-order chi connectivity index (χ0) is 24.5. The first-order valence-corrected chi connectivity index (χ1v) is 13.5. The van der Waals surface area contributed by atoms with Gasteiger partial charge in [-0.1, -0.05) is 88.4 Å². The molecule has 180 valence electrons. The molecule has 2 heterocycles. The second-order valence-corrected chi connectivity index (χ2v) is 14.2. The van der Waals surface area contributed by atoms with Gasteiger partial charge in [-0.15, -0.1) is 0 Å². The standard InChI is InChI=1S/C26H32N2O5Si/c1-18-21(33-24(23(18)30)28-16-15-22(29)27-25(28)31)17-32-34(26(2,3)4,19-11-7-5-8-12-19)20-13-9-6-10-14-20/h5-16,18,21,23-24,30H,17H2,1-4H3,(H,27,29,31)/t18-,21?,23+,24-/m1/s1. The summed E-state index contributed by atoms with van der Waals surface area (Å²) in [5.41, 5.74) is -1.11. The highest BCUT2D eigenvalue weighted by Crippen LogP contribution is 2.39. The van der Waals surface area contributed by atoms with E-state index in [-0.39, 0.29) is 17.6 Å². The third-order valence-electron chi connectivity index (χ3n) is 6.74. The van der Waals surface area contributed by atoms with Gasteiger partial charge in [-0.2, -0.15) is 0 Å². The predicted molar refractivity (Wildman–Crippen MR) is 134 cm³/mol. The lowest BCUT2D eigenvalue weighted by Gasteiger charge is -2.43. The minimum atomic E-state index is -2.77. The summed E-state index contributed by atoms with van der Waals surface area (Å²) in [6.07, 6.45) is -0.892. The van der Waals surface area contributed by atoms with Crippen molar-refractivity contribution in [3.63, 3.8) is 0 Å². The van der Waals surface area contributed by atoms with Crippen LogP contribution in [0.2, 0.25) is 5.04 Å². The van der Waals surface area contributed by atoms with Crippen LogP contribution in [0.4, 0.5) is 0 Å². The fourth-order valence-electron chi connectivity index (χ4n) is 4.88. The highest BCUT2D eigenvalue weighted by atomic mass is 28.4. The summed E-state index contributed by atoms with van der Waals surface area (Å²) in [6, 6.07) is 21.9. The Balaban J connectivity index is 1.68. The third kappa shape index (κ3) is 4.34. The number of H-pyrrole nitrogens is 1. The Morgan fingerprint density at radius 3 is 2.06 bits per heavy atom. The van der Waals surface area contributed by atoms with E-state index < -0.39 is 38.0 Å². The van der Waals surface area contributed by atoms with Crippen LogP contribution in [0, 0.1) is 5.92 Å². The number of aromatic amines is 1. The van der Waals surface area contributed by atoms with Crippen molar-refractivity contribution in [2.24, 2.45) is 5.92 Å². The van der Waals surface area contributed by atoms with Crippen molar-refractivity contribution in [2.75, 3.05) is 6.61 Å². The van der Waals surface area contributed by atoms with E-state index in [0.29, 0.717) is 0 Å². The fourth-order valence-corrected chi connectivity index (χ4v) is 9.45. The minimum Gasteiger partial charge on any atom is -0.405 e. The normalized spacial score (nSPS) is 23.2. The number of aromatic nitrogens is 2. The minimum absolute atomic E-state index is 0.189. The van der Waals surface area contributed by atoms with E-state index in [9.17, 15) is 14.7 Å². The molecule has 1 unspecified atom stereocenters. The van der Waals surface area contributed by atoms with Crippen LogP contribution in [0.15, 0.2) is 82.5 Å². The first-order chi connectivity index (χ1) is 16.1. The lowest BCUT2D eigenvalue weighted by molar-refractivity contribution is -0.0515. The Morgan fingerprint density at radius 2 is 1.56 bits per heavy atom. The van der Waals surface area contributed by atoms with Crippen LogP contribution in [-0.4, -0.2) is 41.8 Å². The second-order valence-electron chi connectivity index (χ2n) is 9.91. The van der Waals surface area contributed by atoms with Crippen LogP contribution >= 0.6 is 0 Å². The average molecular weight is 481 g/mol. The van der Waals surface area contributed by atoms with E-state index in [1.165, 1.54) is 16.8 Å². The molecule has 1 aliphatic heterocycles. The number of rotatable bonds is 6. The van der Waals surface area contributed by atoms with Crippen molar-refractivity contribution < 1.29 is 14.3 Å². The van der Waals surface area contributed by atoms with Gasteiger partial charge in [-0.05, 0) is 15.4 Å². The Bertz CT molecular complexity index is 1180. The van der Waals surface area contributed by atoms with E-state index in [0.717, 1.165) is 10.4 Å². The summed E-state index contributed by atoms with van der Waals surface area (Å²) in [5.74, 6) is -0.276. The van der Waals surface area contributed by atoms with Crippen LogP contribution in [0.5, 0.6) is 0 Å². The molecule has 1 aromatic heterocycles. The second kappa shape index (κ2) is 9.46. The molecule has 0 radical (unpaired) electrons. The Kier molecular flexibility index (Phi) is 6.77. The lowest BCUT2D eigenvalue weighted by atomic mass is 10.0. The molecule has 0 spiro atoms. The third-order valence-corrected chi connectivity index (χ3v) is 11.7. The van der Waals surface area contributed by atoms with Crippen LogP contribution in [0.25, 0.3) is 0 Å². The fraction of sp³-hybridized carbons (Fsp3) is 0.385. The molecule has 2 N–H and O–H groups in total. The summed E-state index contributed by atoms with van der Waals surface area (Å²) >= 11 is 0. The number of aliphatic hydroxyl groups is 1. The molecular formula is C26H32N2O5Si. The number of benzene rings is 2. The smallest absolute Gasteiger partial charge is 0.330 e. The molecule has 0 amide bonds. The molecule has 1 aliphatic rings. The molecule has 3 aromatic rings. The van der Waals surface area contributed by atoms with Crippen LogP contribution in [0.1, 0.15) is 33.9 Å². The highest BCUT2D eigenvalue weighted by Gasteiger charge is 2.52. The molecule has 4 rings (SSSR count). The topological polar surface area (TPSA) is 93.5 Å². The number of nitrogens with one attached hydrogen (secondary N) is 1. The van der Waals surface area contributed by atoms with E-state index in [2.05, 4.69) is 50.0 Å². The van der Waals surface area contributed by atoms with Crippen LogP contribution in [0.3, 0.4) is 0 Å². The molecule has 0 aliphatic carbocycles. The van der Waals surface area contributed by atoms with Crippen molar-refractivity contribution in [1.82, 2.24) is 9.55 Å². The van der Waals surface area contributed by atoms with Gasteiger partial charge in [0.05, 0.1) is 12.7 Å². The van der Waals surface area contributed by atoms with E-state index in [4.69, 9.17) is 9.16 Å². The van der Waals surface area contributed by atoms with Gasteiger partial charge in [0.2, 0.25) is 0 Å². The molecule has 1 fully saturated rings. The van der Waals surface area contributed by atoms with Crippen molar-refractivity contribution in [1.29, 1.82) is 0 Å². The first-order valence-electron chi connectivity index (χ1n) is 11.5. The molecule has 7 nitrogen and oxygen atoms in total. The van der Waals surface area contributed by atoms with Gasteiger partial charge in [0.25, 0.3) is 13.9 Å². The van der Waals surface area contributed by atoms with Crippen LogP contribution in [-0.2, 0) is 9.16 Å². The van der Waals surface area contributed by atoms with E-state index in [1.807, 2.05) is 43.3 Å². The molecule has 34 heavy (non-hydrogen) atoms. The van der Waals surface area contributed by atoms with Crippen molar-refractivity contribution in [3.05, 3.63) is 93.8 Å². The van der Waals surface area contributed by atoms with E-state index in [1.54, 1.807) is 0 Å². The van der Waals surface area contributed by atoms with Crippen molar-refractivity contribution >= 4 is 18.7 Å². The van der Waals surface area contributed by atoms with Crippen molar-refractivity contribution in [3.8, 4) is 0 Å². The summed E-state index contributed by atoms with van der Waals surface area (Å²) in [4.78, 5) is 26.0. The van der Waals surface area contributed by atoms with Crippen LogP contribution < -0.4 is 21.6 Å². The number of hydrogen-bond acceptors (Lipinski definition) is 5. The lowest BCUT2D eigenvalue weighted by Crippen LogP contribution is -2.67.